The monoisotopic (exact) mass is 348 g/mol. The Bertz CT molecular complexity index is 830. The second-order valence-electron chi connectivity index (χ2n) is 6.10. The molecule has 0 amide bonds. The summed E-state index contributed by atoms with van der Waals surface area (Å²) >= 11 is 0. The number of hydrogen-bond donors (Lipinski definition) is 0. The lowest BCUT2D eigenvalue weighted by atomic mass is 10.1. The van der Waals surface area contributed by atoms with Crippen LogP contribution < -0.4 is 9.47 Å². The Morgan fingerprint density at radius 1 is 0.692 bits per heavy atom. The number of hydrogen-bond acceptors (Lipinski definition) is 4. The molecule has 0 N–H and O–H groups in total. The maximum absolute atomic E-state index is 11.1. The topological polar surface area (TPSA) is 52.6 Å². The summed E-state index contributed by atoms with van der Waals surface area (Å²) in [7, 11) is 0. The second kappa shape index (κ2) is 7.83. The van der Waals surface area contributed by atoms with E-state index in [0.29, 0.717) is 13.2 Å². The van der Waals surface area contributed by atoms with Crippen LogP contribution in [-0.2, 0) is 9.59 Å². The highest BCUT2D eigenvalue weighted by molar-refractivity contribution is 5.99. The summed E-state index contributed by atoms with van der Waals surface area (Å²) in [6, 6.07) is 15.4. The predicted octanol–water partition coefficient (Wildman–Crippen LogP) is 4.10. The summed E-state index contributed by atoms with van der Waals surface area (Å²) < 4.78 is 10.8. The van der Waals surface area contributed by atoms with E-state index in [1.54, 1.807) is 13.8 Å². The van der Waals surface area contributed by atoms with Crippen molar-refractivity contribution in [2.24, 2.45) is 0 Å². The van der Waals surface area contributed by atoms with Gasteiger partial charge in [-0.05, 0) is 38.1 Å². The molecule has 0 fully saturated rings. The molecular weight excluding hydrogens is 328 g/mol. The zero-order chi connectivity index (χ0) is 18.5. The number of fused-ring (bicyclic) bond motifs is 2. The number of ether oxygens (including phenoxy) is 2. The Balaban J connectivity index is 0.000000151. The van der Waals surface area contributed by atoms with E-state index in [0.717, 1.165) is 33.8 Å². The van der Waals surface area contributed by atoms with Gasteiger partial charge < -0.3 is 9.47 Å². The summed E-state index contributed by atoms with van der Waals surface area (Å²) in [4.78, 5) is 22.1. The van der Waals surface area contributed by atoms with Gasteiger partial charge in [-0.25, -0.2) is 0 Å². The van der Waals surface area contributed by atoms with E-state index in [9.17, 15) is 9.59 Å². The van der Waals surface area contributed by atoms with E-state index in [1.807, 2.05) is 60.7 Å². The van der Waals surface area contributed by atoms with E-state index in [4.69, 9.17) is 9.47 Å². The molecule has 0 spiro atoms. The molecule has 0 saturated carbocycles. The number of Topliss-reactive ketones (excluding diaryl/α,β-unsaturated/α-hetero) is 2. The molecule has 132 valence electrons. The highest BCUT2D eigenvalue weighted by Crippen LogP contribution is 2.26. The first-order chi connectivity index (χ1) is 12.5. The predicted molar refractivity (Wildman–Crippen MR) is 101 cm³/mol. The molecule has 0 saturated heterocycles. The third kappa shape index (κ3) is 4.09. The van der Waals surface area contributed by atoms with E-state index in [2.05, 4.69) is 0 Å². The Labute approximate surface area is 152 Å². The first-order valence-corrected chi connectivity index (χ1v) is 8.41. The van der Waals surface area contributed by atoms with E-state index in [1.165, 1.54) is 0 Å². The molecule has 0 aliphatic carbocycles. The van der Waals surface area contributed by atoms with Crippen LogP contribution in [0.5, 0.6) is 11.5 Å². The first-order valence-electron chi connectivity index (χ1n) is 8.41. The molecule has 26 heavy (non-hydrogen) atoms. The van der Waals surface area contributed by atoms with Gasteiger partial charge in [0.15, 0.2) is 11.6 Å². The minimum absolute atomic E-state index is 0.0782. The molecule has 0 atom stereocenters. The fourth-order valence-electron chi connectivity index (χ4n) is 2.64. The van der Waals surface area contributed by atoms with Crippen molar-refractivity contribution in [3.8, 4) is 11.5 Å². The van der Waals surface area contributed by atoms with Gasteiger partial charge >= 0.3 is 0 Å². The molecule has 2 aliphatic rings. The van der Waals surface area contributed by atoms with Crippen LogP contribution in [0.3, 0.4) is 0 Å². The van der Waals surface area contributed by atoms with Crippen molar-refractivity contribution < 1.29 is 19.1 Å². The van der Waals surface area contributed by atoms with E-state index in [-0.39, 0.29) is 11.6 Å². The fraction of sp³-hybridized carbons (Fsp3) is 0.182. The first kappa shape index (κ1) is 17.7. The summed E-state index contributed by atoms with van der Waals surface area (Å²) in [5.41, 5.74) is 3.44. The van der Waals surface area contributed by atoms with Gasteiger partial charge in [-0.15, -0.1) is 0 Å². The van der Waals surface area contributed by atoms with Crippen molar-refractivity contribution in [2.75, 3.05) is 13.2 Å². The lowest BCUT2D eigenvalue weighted by Crippen LogP contribution is -2.12. The molecule has 2 aliphatic heterocycles. The minimum atomic E-state index is 0.0782. The molecule has 2 aromatic rings. The van der Waals surface area contributed by atoms with E-state index < -0.39 is 0 Å². The third-order valence-electron chi connectivity index (χ3n) is 4.17. The van der Waals surface area contributed by atoms with Crippen molar-refractivity contribution in [2.45, 2.75) is 13.8 Å². The minimum Gasteiger partial charge on any atom is -0.488 e. The smallest absolute Gasteiger partial charge is 0.159 e. The third-order valence-corrected chi connectivity index (χ3v) is 4.17. The Morgan fingerprint density at radius 3 is 1.46 bits per heavy atom. The van der Waals surface area contributed by atoms with Crippen LogP contribution in [-0.4, -0.2) is 24.8 Å². The quantitative estimate of drug-likeness (QED) is 0.820. The number of carbonyl (C=O) groups is 2. The van der Waals surface area contributed by atoms with E-state index >= 15 is 0 Å². The second-order valence-corrected chi connectivity index (χ2v) is 6.10. The Hall–Kier alpha value is -3.14. The van der Waals surface area contributed by atoms with Gasteiger partial charge in [0.05, 0.1) is 0 Å². The number of rotatable bonds is 2. The average molecular weight is 348 g/mol. The Kier molecular flexibility index (Phi) is 5.32. The van der Waals surface area contributed by atoms with Crippen molar-refractivity contribution >= 4 is 23.7 Å². The highest BCUT2D eigenvalue weighted by Gasteiger charge is 2.13. The standard InChI is InChI=1S/2C11H10O2/c2*1-8(12)10-6-9-4-2-3-5-11(9)13-7-10/h2*2-6H,7H2,1H3. The van der Waals surface area contributed by atoms with Gasteiger partial charge in [0, 0.05) is 22.3 Å². The zero-order valence-electron chi connectivity index (χ0n) is 14.8. The molecule has 0 unspecified atom stereocenters. The normalized spacial score (nSPS) is 14.1. The summed E-state index contributed by atoms with van der Waals surface area (Å²) in [5.74, 6) is 1.86. The van der Waals surface area contributed by atoms with Crippen molar-refractivity contribution in [1.82, 2.24) is 0 Å². The fourth-order valence-corrected chi connectivity index (χ4v) is 2.64. The molecule has 0 bridgehead atoms. The maximum Gasteiger partial charge on any atom is 0.159 e. The van der Waals surface area contributed by atoms with Gasteiger partial charge in [0.2, 0.25) is 0 Å². The zero-order valence-corrected chi connectivity index (χ0v) is 14.8. The molecule has 0 aromatic heterocycles. The summed E-state index contributed by atoms with van der Waals surface area (Å²) in [6.07, 6.45) is 3.78. The molecule has 2 heterocycles. The van der Waals surface area contributed by atoms with Crippen LogP contribution >= 0.6 is 0 Å². The average Bonchev–Trinajstić information content (AvgIpc) is 2.67. The lowest BCUT2D eigenvalue weighted by Gasteiger charge is -2.15. The number of ketones is 2. The van der Waals surface area contributed by atoms with Crippen LogP contribution in [0.4, 0.5) is 0 Å². The van der Waals surface area contributed by atoms with Crippen LogP contribution in [0, 0.1) is 0 Å². The highest BCUT2D eigenvalue weighted by atomic mass is 16.5. The number of para-hydroxylation sites is 2. The van der Waals surface area contributed by atoms with Gasteiger partial charge in [-0.3, -0.25) is 9.59 Å². The Morgan fingerprint density at radius 2 is 1.08 bits per heavy atom. The van der Waals surface area contributed by atoms with Gasteiger partial charge in [0.25, 0.3) is 0 Å². The molecule has 4 nitrogen and oxygen atoms in total. The summed E-state index contributed by atoms with van der Waals surface area (Å²) in [6.45, 7) is 3.91. The van der Waals surface area contributed by atoms with Gasteiger partial charge in [-0.1, -0.05) is 36.4 Å². The SMILES string of the molecule is CC(=O)C1=Cc2ccccc2OC1.CC(=O)C1=Cc2ccccc2OC1. The van der Waals surface area contributed by atoms with Gasteiger partial charge in [-0.2, -0.15) is 0 Å². The maximum atomic E-state index is 11.1. The lowest BCUT2D eigenvalue weighted by molar-refractivity contribution is -0.114. The molecule has 4 heteroatoms. The number of benzene rings is 2. The van der Waals surface area contributed by atoms with Crippen LogP contribution in [0.15, 0.2) is 59.7 Å². The molecular formula is C22H20O4. The summed E-state index contributed by atoms with van der Waals surface area (Å²) in [5, 5.41) is 0. The van der Waals surface area contributed by atoms with Crippen LogP contribution in [0.25, 0.3) is 12.2 Å². The van der Waals surface area contributed by atoms with Gasteiger partial charge in [0.1, 0.15) is 24.7 Å². The van der Waals surface area contributed by atoms with Crippen molar-refractivity contribution in [3.63, 3.8) is 0 Å². The van der Waals surface area contributed by atoms with Crippen LogP contribution in [0.1, 0.15) is 25.0 Å². The molecule has 2 aromatic carbocycles. The molecule has 0 radical (unpaired) electrons. The largest absolute Gasteiger partial charge is 0.488 e. The number of carbonyl (C=O) groups excluding carboxylic acids is 2. The van der Waals surface area contributed by atoms with Crippen LogP contribution in [0.2, 0.25) is 0 Å². The molecule has 4 rings (SSSR count). The van der Waals surface area contributed by atoms with Crippen molar-refractivity contribution in [3.05, 3.63) is 70.8 Å². The van der Waals surface area contributed by atoms with Crippen molar-refractivity contribution in [1.29, 1.82) is 0 Å².